The van der Waals surface area contributed by atoms with E-state index in [1.807, 2.05) is 0 Å². The van der Waals surface area contributed by atoms with E-state index in [2.05, 4.69) is 30.3 Å². The van der Waals surface area contributed by atoms with Gasteiger partial charge in [-0.1, -0.05) is 26.0 Å². The zero-order valence-corrected chi connectivity index (χ0v) is 22.6. The molecule has 1 aromatic carbocycles. The van der Waals surface area contributed by atoms with Crippen LogP contribution in [0, 0.1) is 0 Å². The Kier molecular flexibility index (Phi) is 7.21. The topological polar surface area (TPSA) is 86.3 Å². The summed E-state index contributed by atoms with van der Waals surface area (Å²) >= 11 is 1.39. The first-order valence-corrected chi connectivity index (χ1v) is 14.2. The van der Waals surface area contributed by atoms with Gasteiger partial charge in [-0.05, 0) is 78.1 Å². The minimum Gasteiger partial charge on any atom is -0.378 e. The van der Waals surface area contributed by atoms with Crippen molar-refractivity contribution >= 4 is 29.0 Å². The lowest BCUT2D eigenvalue weighted by Crippen LogP contribution is -2.36. The molecule has 0 spiro atoms. The van der Waals surface area contributed by atoms with E-state index < -0.39 is 17.5 Å². The second kappa shape index (κ2) is 10.2. The average Bonchev–Trinajstić information content (AvgIpc) is 3.56. The highest BCUT2D eigenvalue weighted by atomic mass is 32.2. The summed E-state index contributed by atoms with van der Waals surface area (Å²) in [7, 11) is 0. The summed E-state index contributed by atoms with van der Waals surface area (Å²) in [6.45, 7) is 4.58. The molecule has 6 nitrogen and oxygen atoms in total. The number of aromatic nitrogens is 2. The highest BCUT2D eigenvalue weighted by molar-refractivity contribution is 8.00. The van der Waals surface area contributed by atoms with Crippen LogP contribution in [0.25, 0.3) is 0 Å². The molecule has 1 atom stereocenters. The van der Waals surface area contributed by atoms with Gasteiger partial charge in [0.1, 0.15) is 5.82 Å². The number of rotatable bonds is 6. The Hall–Kier alpha value is -2.63. The molecular formula is C27H28F3N3O3S2. The van der Waals surface area contributed by atoms with Crippen LogP contribution in [0.2, 0.25) is 0 Å². The number of fused-ring (bicyclic) bond motifs is 1. The predicted molar refractivity (Wildman–Crippen MR) is 140 cm³/mol. The number of nitrogens with one attached hydrogen (secondary N) is 1. The Labute approximate surface area is 226 Å². The highest BCUT2D eigenvalue weighted by Crippen LogP contribution is 2.54. The number of thioether (sulfide) groups is 1. The minimum absolute atomic E-state index is 0.0195. The summed E-state index contributed by atoms with van der Waals surface area (Å²) in [5.41, 5.74) is -2.67. The molecule has 0 radical (unpaired) electrons. The van der Waals surface area contributed by atoms with Crippen LogP contribution in [0.3, 0.4) is 0 Å². The quantitative estimate of drug-likeness (QED) is 0.379. The lowest BCUT2D eigenvalue weighted by atomic mass is 9.99. The van der Waals surface area contributed by atoms with Gasteiger partial charge in [-0.3, -0.25) is 9.59 Å². The molecule has 1 amide bonds. The van der Waals surface area contributed by atoms with Crippen LogP contribution < -0.4 is 5.56 Å². The summed E-state index contributed by atoms with van der Waals surface area (Å²) in [6.07, 6.45) is 1.25. The first-order valence-electron chi connectivity index (χ1n) is 12.5. The van der Waals surface area contributed by atoms with Crippen molar-refractivity contribution in [3.63, 3.8) is 0 Å². The fourth-order valence-electron chi connectivity index (χ4n) is 4.86. The maximum atomic E-state index is 13.2. The third-order valence-corrected chi connectivity index (χ3v) is 9.08. The van der Waals surface area contributed by atoms with Crippen LogP contribution in [-0.4, -0.2) is 37.9 Å². The number of benzene rings is 1. The normalized spacial score (nSPS) is 17.7. The number of halogens is 3. The van der Waals surface area contributed by atoms with Gasteiger partial charge in [0.25, 0.3) is 11.5 Å². The molecule has 1 saturated carbocycles. The van der Waals surface area contributed by atoms with Crippen LogP contribution in [0.15, 0.2) is 45.4 Å². The fraction of sp³-hybridized carbons (Fsp3) is 0.444. The predicted octanol–water partition coefficient (Wildman–Crippen LogP) is 5.66. The first kappa shape index (κ1) is 27.0. The van der Waals surface area contributed by atoms with E-state index in [-0.39, 0.29) is 39.7 Å². The summed E-state index contributed by atoms with van der Waals surface area (Å²) < 4.78 is 38.3. The Morgan fingerprint density at radius 2 is 2.00 bits per heavy atom. The van der Waals surface area contributed by atoms with Gasteiger partial charge >= 0.3 is 5.51 Å². The number of alkyl halides is 3. The summed E-state index contributed by atoms with van der Waals surface area (Å²) in [4.78, 5) is 36.7. The Bertz CT molecular complexity index is 1410. The number of aromatic amines is 1. The molecule has 1 aliphatic heterocycles. The molecule has 3 aromatic rings. The van der Waals surface area contributed by atoms with E-state index in [4.69, 9.17) is 4.98 Å². The van der Waals surface area contributed by atoms with E-state index in [9.17, 15) is 27.9 Å². The second-order valence-electron chi connectivity index (χ2n) is 10.2. The van der Waals surface area contributed by atoms with E-state index in [1.54, 1.807) is 11.3 Å². The molecule has 2 aromatic heterocycles. The zero-order chi connectivity index (χ0) is 27.2. The summed E-state index contributed by atoms with van der Waals surface area (Å²) in [5.74, 6) is 0.422. The third kappa shape index (κ3) is 5.41. The maximum absolute atomic E-state index is 13.2. The standard InChI is InChI=1S/C27H28F3N3O3S2/c1-15(2)17-12-21(37-14-17)26(8-9-26)25-31-20-7-4-10-33(13-19(20)23(35)32-25)24(36)22(34)16-5-3-6-18(11-16)38-27(28,29)30/h3,5-6,11-12,14-15,22,34H,4,7-10,13H2,1-2H3,(H,31,32,35). The molecule has 38 heavy (non-hydrogen) atoms. The van der Waals surface area contributed by atoms with Crippen LogP contribution in [0.5, 0.6) is 0 Å². The van der Waals surface area contributed by atoms with Gasteiger partial charge in [0.05, 0.1) is 23.2 Å². The van der Waals surface area contributed by atoms with Crippen molar-refractivity contribution in [2.24, 2.45) is 0 Å². The van der Waals surface area contributed by atoms with Crippen molar-refractivity contribution in [2.45, 2.75) is 73.9 Å². The van der Waals surface area contributed by atoms with Crippen LogP contribution in [0.1, 0.15) is 78.2 Å². The van der Waals surface area contributed by atoms with Crippen molar-refractivity contribution in [3.05, 3.63) is 79.2 Å². The number of carbonyl (C=O) groups excluding carboxylic acids is 1. The monoisotopic (exact) mass is 563 g/mol. The van der Waals surface area contributed by atoms with Gasteiger partial charge in [-0.15, -0.1) is 11.3 Å². The van der Waals surface area contributed by atoms with Crippen molar-refractivity contribution in [1.82, 2.24) is 14.9 Å². The smallest absolute Gasteiger partial charge is 0.378 e. The number of aliphatic hydroxyl groups excluding tert-OH is 1. The van der Waals surface area contributed by atoms with Crippen LogP contribution >= 0.6 is 23.1 Å². The lowest BCUT2D eigenvalue weighted by Gasteiger charge is -2.24. The largest absolute Gasteiger partial charge is 0.446 e. The Balaban J connectivity index is 1.37. The molecule has 0 bridgehead atoms. The molecule has 11 heteroatoms. The number of thiophene rings is 1. The lowest BCUT2D eigenvalue weighted by molar-refractivity contribution is -0.141. The molecule has 2 N–H and O–H groups in total. The number of aryl methyl sites for hydroxylation is 1. The van der Waals surface area contributed by atoms with Crippen molar-refractivity contribution in [1.29, 1.82) is 0 Å². The third-order valence-electron chi connectivity index (χ3n) is 7.21. The average molecular weight is 564 g/mol. The van der Waals surface area contributed by atoms with Crippen LogP contribution in [0.4, 0.5) is 13.2 Å². The van der Waals surface area contributed by atoms with Crippen LogP contribution in [-0.2, 0) is 23.2 Å². The summed E-state index contributed by atoms with van der Waals surface area (Å²) in [6, 6.07) is 7.44. The maximum Gasteiger partial charge on any atom is 0.446 e. The van der Waals surface area contributed by atoms with Gasteiger partial charge < -0.3 is 15.0 Å². The molecule has 1 unspecified atom stereocenters. The van der Waals surface area contributed by atoms with Crippen molar-refractivity contribution < 1.29 is 23.1 Å². The van der Waals surface area contributed by atoms with E-state index in [1.165, 1.54) is 33.5 Å². The number of H-pyrrole nitrogens is 1. The molecule has 5 rings (SSSR count). The fourth-order valence-corrected chi connectivity index (χ4v) is 6.81. The van der Waals surface area contributed by atoms with Gasteiger partial charge in [0, 0.05) is 16.3 Å². The van der Waals surface area contributed by atoms with Crippen molar-refractivity contribution in [2.75, 3.05) is 6.54 Å². The summed E-state index contributed by atoms with van der Waals surface area (Å²) in [5, 5.41) is 12.9. The molecule has 3 heterocycles. The minimum atomic E-state index is -4.48. The first-order chi connectivity index (χ1) is 18.0. The number of hydrogen-bond acceptors (Lipinski definition) is 6. The Morgan fingerprint density at radius 1 is 1.24 bits per heavy atom. The van der Waals surface area contributed by atoms with Gasteiger partial charge in [0.2, 0.25) is 0 Å². The number of carbonyl (C=O) groups is 1. The molecule has 1 aliphatic carbocycles. The molecule has 1 fully saturated rings. The SMILES string of the molecule is CC(C)c1csc(C2(c3nc4c(c(=O)[nH]3)CN(C(=O)C(O)c3cccc(SC(F)(F)F)c3)CCC4)CC2)c1. The van der Waals surface area contributed by atoms with Gasteiger partial charge in [0.15, 0.2) is 6.10 Å². The van der Waals surface area contributed by atoms with Gasteiger partial charge in [-0.25, -0.2) is 4.98 Å². The number of nitrogens with zero attached hydrogens (tertiary/aromatic N) is 2. The zero-order valence-electron chi connectivity index (χ0n) is 21.0. The van der Waals surface area contributed by atoms with E-state index in [0.29, 0.717) is 42.4 Å². The molecule has 202 valence electrons. The molecule has 2 aliphatic rings. The highest BCUT2D eigenvalue weighted by Gasteiger charge is 2.50. The molecule has 0 saturated heterocycles. The number of amides is 1. The Morgan fingerprint density at radius 3 is 2.66 bits per heavy atom. The number of hydrogen-bond donors (Lipinski definition) is 2. The van der Waals surface area contributed by atoms with Crippen molar-refractivity contribution in [3.8, 4) is 0 Å². The van der Waals surface area contributed by atoms with Gasteiger partial charge in [-0.2, -0.15) is 13.2 Å². The second-order valence-corrected chi connectivity index (χ2v) is 12.3. The molecular weight excluding hydrogens is 535 g/mol. The number of aliphatic hydroxyl groups is 1. The van der Waals surface area contributed by atoms with E-state index in [0.717, 1.165) is 18.9 Å². The van der Waals surface area contributed by atoms with E-state index >= 15 is 0 Å².